The summed E-state index contributed by atoms with van der Waals surface area (Å²) in [6.45, 7) is 0. The summed E-state index contributed by atoms with van der Waals surface area (Å²) in [5, 5.41) is 8.81. The lowest BCUT2D eigenvalue weighted by molar-refractivity contribution is -0.946. The quantitative estimate of drug-likeness (QED) is 0.130. The molecule has 1 spiro atoms. The van der Waals surface area contributed by atoms with E-state index in [0.29, 0.717) is 0 Å². The fourth-order valence-corrected chi connectivity index (χ4v) is 9.55. The molecule has 3 aliphatic heterocycles. The SMILES string of the molecule is c1cc[n+]2c(c1)-n1c3ccccc3c3ccc4c(c31)C21c2c(ccc3c2c2n(c5ccc6ccccc6c35)c3ccccc3[n+]21)O4. The Bertz CT molecular complexity index is 3130. The van der Waals surface area contributed by atoms with Gasteiger partial charge in [0.05, 0.1) is 11.6 Å². The molecule has 0 N–H and O–H groups in total. The predicted octanol–water partition coefficient (Wildman–Crippen LogP) is 8.25. The van der Waals surface area contributed by atoms with Gasteiger partial charge in [0.1, 0.15) is 33.7 Å². The van der Waals surface area contributed by atoms with E-state index in [1.165, 1.54) is 82.1 Å². The van der Waals surface area contributed by atoms with Gasteiger partial charge in [0.2, 0.25) is 0 Å². The van der Waals surface area contributed by atoms with Gasteiger partial charge in [0.15, 0.2) is 16.6 Å². The molecule has 0 saturated carbocycles. The molecule has 5 nitrogen and oxygen atoms in total. The van der Waals surface area contributed by atoms with Crippen molar-refractivity contribution in [1.29, 1.82) is 0 Å². The first-order chi connectivity index (χ1) is 22.9. The molecule has 0 fully saturated rings. The monoisotopic (exact) mass is 586 g/mol. The van der Waals surface area contributed by atoms with E-state index in [2.05, 4.69) is 152 Å². The Morgan fingerprint density at radius 2 is 1.30 bits per heavy atom. The van der Waals surface area contributed by atoms with Gasteiger partial charge < -0.3 is 4.74 Å². The Balaban J connectivity index is 1.40. The number of fused-ring (bicyclic) bond motifs is 13. The molecule has 4 aromatic heterocycles. The average Bonchev–Trinajstić information content (AvgIpc) is 3.75. The van der Waals surface area contributed by atoms with Gasteiger partial charge in [-0.3, -0.25) is 0 Å². The van der Waals surface area contributed by atoms with Crippen molar-refractivity contribution in [1.82, 2.24) is 8.97 Å². The van der Waals surface area contributed by atoms with Crippen LogP contribution in [0.5, 0.6) is 11.5 Å². The lowest BCUT2D eigenvalue weighted by atomic mass is 9.83. The molecule has 46 heavy (non-hydrogen) atoms. The van der Waals surface area contributed by atoms with Crippen molar-refractivity contribution < 1.29 is 13.9 Å². The van der Waals surface area contributed by atoms with E-state index < -0.39 is 5.66 Å². The second-order valence-electron chi connectivity index (χ2n) is 12.9. The van der Waals surface area contributed by atoms with Crippen LogP contribution < -0.4 is 13.9 Å². The minimum absolute atomic E-state index is 0.702. The van der Waals surface area contributed by atoms with Crippen LogP contribution in [0.15, 0.2) is 134 Å². The highest BCUT2D eigenvalue weighted by atomic mass is 16.5. The fraction of sp³-hybridized carbons (Fsp3) is 0.0244. The maximum Gasteiger partial charge on any atom is 0.319 e. The van der Waals surface area contributed by atoms with Crippen molar-refractivity contribution >= 4 is 70.9 Å². The number of ether oxygens (including phenoxy) is 1. The summed E-state index contributed by atoms with van der Waals surface area (Å²) < 4.78 is 17.1. The number of hydrogen-bond acceptors (Lipinski definition) is 1. The van der Waals surface area contributed by atoms with Crippen LogP contribution in [0.2, 0.25) is 0 Å². The van der Waals surface area contributed by atoms with Gasteiger partial charge in [-0.1, -0.05) is 60.7 Å². The Morgan fingerprint density at radius 3 is 2.24 bits per heavy atom. The fourth-order valence-electron chi connectivity index (χ4n) is 9.55. The van der Waals surface area contributed by atoms with Crippen molar-refractivity contribution in [3.63, 3.8) is 0 Å². The molecule has 0 amide bonds. The summed E-state index contributed by atoms with van der Waals surface area (Å²) in [6.07, 6.45) is 2.27. The Kier molecular flexibility index (Phi) is 3.41. The van der Waals surface area contributed by atoms with E-state index in [4.69, 9.17) is 4.74 Å². The van der Waals surface area contributed by atoms with Gasteiger partial charge in [0.25, 0.3) is 5.82 Å². The van der Waals surface area contributed by atoms with Crippen molar-refractivity contribution in [3.8, 4) is 17.3 Å². The van der Waals surface area contributed by atoms with Crippen LogP contribution in [0.1, 0.15) is 11.1 Å². The second-order valence-corrected chi connectivity index (χ2v) is 12.9. The van der Waals surface area contributed by atoms with E-state index in [-0.39, 0.29) is 0 Å². The predicted molar refractivity (Wildman–Crippen MR) is 180 cm³/mol. The van der Waals surface area contributed by atoms with Crippen LogP contribution in [0.4, 0.5) is 0 Å². The molecule has 0 aliphatic carbocycles. The zero-order valence-corrected chi connectivity index (χ0v) is 24.4. The number of aromatic nitrogens is 4. The molecule has 3 aliphatic rings. The summed E-state index contributed by atoms with van der Waals surface area (Å²) in [5.74, 6) is 2.96. The Hall–Kier alpha value is -6.20. The van der Waals surface area contributed by atoms with E-state index >= 15 is 0 Å². The normalized spacial score (nSPS) is 17.0. The Morgan fingerprint density at radius 1 is 0.543 bits per heavy atom. The number of pyridine rings is 2. The molecule has 210 valence electrons. The third-order valence-electron chi connectivity index (χ3n) is 11.1. The molecule has 0 radical (unpaired) electrons. The highest BCUT2D eigenvalue weighted by Crippen LogP contribution is 2.57. The minimum atomic E-state index is -0.702. The van der Waals surface area contributed by atoms with Gasteiger partial charge in [-0.2, -0.15) is 18.1 Å². The van der Waals surface area contributed by atoms with Crippen LogP contribution in [-0.2, 0) is 5.66 Å². The summed E-state index contributed by atoms with van der Waals surface area (Å²) in [7, 11) is 0. The summed E-state index contributed by atoms with van der Waals surface area (Å²) in [6, 6.07) is 46.7. The number of nitrogens with zero attached hydrogens (tertiary/aromatic N) is 4. The number of rotatable bonds is 0. The molecule has 1 atom stereocenters. The molecular formula is C41H22N4O+2. The number of para-hydroxylation sites is 3. The first-order valence-electron chi connectivity index (χ1n) is 15.9. The molecule has 1 unspecified atom stereocenters. The topological polar surface area (TPSA) is 26.3 Å². The molecule has 5 heteroatoms. The first-order valence-corrected chi connectivity index (χ1v) is 15.9. The van der Waals surface area contributed by atoms with Crippen molar-refractivity contribution in [2.75, 3.05) is 0 Å². The number of imidazole rings is 1. The summed E-state index contributed by atoms with van der Waals surface area (Å²) in [5.41, 5.74) is 8.95. The smallest absolute Gasteiger partial charge is 0.319 e. The summed E-state index contributed by atoms with van der Waals surface area (Å²) in [4.78, 5) is 0. The van der Waals surface area contributed by atoms with Crippen molar-refractivity contribution in [3.05, 3.63) is 145 Å². The van der Waals surface area contributed by atoms with Crippen LogP contribution in [-0.4, -0.2) is 8.97 Å². The molecule has 6 aromatic carbocycles. The standard InChI is InChI=1S/C41H22N4O/c1-2-10-24-23(9-1)16-19-31-35(24)27-18-21-32-37-36(27)40-43(31)29-13-5-6-14-30(29)45(40)41(37)38-33(46-32)20-17-26-25-11-3-4-12-28(25)44(39(26)38)34-15-7-8-22-42(34)41/h1-22H/q+2. The van der Waals surface area contributed by atoms with Crippen LogP contribution in [0.3, 0.4) is 0 Å². The van der Waals surface area contributed by atoms with Gasteiger partial charge in [-0.25, -0.2) is 0 Å². The van der Waals surface area contributed by atoms with Crippen molar-refractivity contribution in [2.45, 2.75) is 5.66 Å². The molecule has 0 bridgehead atoms. The lowest BCUT2D eigenvalue weighted by Gasteiger charge is -2.36. The van der Waals surface area contributed by atoms with Gasteiger partial charge in [-0.05, 0) is 71.4 Å². The third-order valence-corrected chi connectivity index (χ3v) is 11.1. The van der Waals surface area contributed by atoms with E-state index in [9.17, 15) is 0 Å². The van der Waals surface area contributed by atoms with E-state index in [0.717, 1.165) is 17.3 Å². The molecule has 0 saturated heterocycles. The van der Waals surface area contributed by atoms with Crippen LogP contribution in [0.25, 0.3) is 76.8 Å². The second kappa shape index (κ2) is 7.03. The van der Waals surface area contributed by atoms with Crippen LogP contribution in [0, 0.1) is 0 Å². The molecular weight excluding hydrogens is 564 g/mol. The Labute approximate surface area is 260 Å². The van der Waals surface area contributed by atoms with E-state index in [1.54, 1.807) is 0 Å². The van der Waals surface area contributed by atoms with Gasteiger partial charge in [0, 0.05) is 27.6 Å². The molecule has 10 aromatic rings. The summed E-state index contributed by atoms with van der Waals surface area (Å²) >= 11 is 0. The average molecular weight is 587 g/mol. The van der Waals surface area contributed by atoms with Crippen LogP contribution >= 0.6 is 0 Å². The maximum atomic E-state index is 7.00. The lowest BCUT2D eigenvalue weighted by Crippen LogP contribution is -2.75. The third kappa shape index (κ3) is 2.08. The molecule has 13 rings (SSSR count). The van der Waals surface area contributed by atoms with E-state index in [1.807, 2.05) is 0 Å². The highest BCUT2D eigenvalue weighted by molar-refractivity contribution is 6.24. The van der Waals surface area contributed by atoms with Gasteiger partial charge in [-0.15, -0.1) is 0 Å². The zero-order chi connectivity index (χ0) is 29.5. The highest BCUT2D eigenvalue weighted by Gasteiger charge is 2.65. The number of benzene rings is 6. The largest absolute Gasteiger partial charge is 0.456 e. The first kappa shape index (κ1) is 22.3. The van der Waals surface area contributed by atoms with Crippen molar-refractivity contribution in [2.24, 2.45) is 0 Å². The number of hydrogen-bond donors (Lipinski definition) is 0. The van der Waals surface area contributed by atoms with Gasteiger partial charge >= 0.3 is 11.3 Å². The molecule has 7 heterocycles. The maximum absolute atomic E-state index is 7.00. The minimum Gasteiger partial charge on any atom is -0.456 e. The zero-order valence-electron chi connectivity index (χ0n) is 24.4.